The summed E-state index contributed by atoms with van der Waals surface area (Å²) in [5.41, 5.74) is 0.365. The van der Waals surface area contributed by atoms with Gasteiger partial charge in [0.05, 0.1) is 25.1 Å². The van der Waals surface area contributed by atoms with E-state index in [0.717, 1.165) is 13.0 Å². The highest BCUT2D eigenvalue weighted by Gasteiger charge is 2.10. The Morgan fingerprint density at radius 3 is 2.58 bits per heavy atom. The van der Waals surface area contributed by atoms with Crippen LogP contribution in [0, 0.1) is 0 Å². The highest BCUT2D eigenvalue weighted by molar-refractivity contribution is 5.82. The molecule has 0 bridgehead atoms. The van der Waals surface area contributed by atoms with Gasteiger partial charge in [-0.25, -0.2) is 4.98 Å². The van der Waals surface area contributed by atoms with Gasteiger partial charge in [0, 0.05) is 12.6 Å². The molecule has 0 atom stereocenters. The Kier molecular flexibility index (Phi) is 3.89. The fraction of sp³-hybridized carbons (Fsp3) is 0.385. The lowest BCUT2D eigenvalue weighted by Crippen LogP contribution is -2.14. The van der Waals surface area contributed by atoms with E-state index >= 15 is 0 Å². The van der Waals surface area contributed by atoms with Crippen molar-refractivity contribution in [3.8, 4) is 11.5 Å². The van der Waals surface area contributed by atoms with Crippen LogP contribution in [0.15, 0.2) is 16.9 Å². The van der Waals surface area contributed by atoms with Gasteiger partial charge in [0.1, 0.15) is 0 Å². The van der Waals surface area contributed by atoms with Crippen molar-refractivity contribution in [3.63, 3.8) is 0 Å². The third-order valence-electron chi connectivity index (χ3n) is 2.75. The van der Waals surface area contributed by atoms with E-state index in [-0.39, 0.29) is 5.56 Å². The molecule has 0 aliphatic carbocycles. The van der Waals surface area contributed by atoms with Gasteiger partial charge in [-0.15, -0.1) is 0 Å². The highest BCUT2D eigenvalue weighted by atomic mass is 16.5. The number of benzene rings is 1. The number of hydrogen-bond donors (Lipinski definition) is 2. The van der Waals surface area contributed by atoms with Gasteiger partial charge in [-0.1, -0.05) is 6.92 Å². The summed E-state index contributed by atoms with van der Waals surface area (Å²) in [6, 6.07) is 3.32. The van der Waals surface area contributed by atoms with E-state index in [1.807, 2.05) is 6.92 Å². The second-order valence-corrected chi connectivity index (χ2v) is 4.07. The molecule has 0 radical (unpaired) electrons. The third kappa shape index (κ3) is 2.62. The second kappa shape index (κ2) is 5.60. The average molecular weight is 263 g/mol. The van der Waals surface area contributed by atoms with Crippen molar-refractivity contribution in [2.24, 2.45) is 0 Å². The number of H-pyrrole nitrogens is 1. The third-order valence-corrected chi connectivity index (χ3v) is 2.75. The molecule has 0 unspecified atom stereocenters. The van der Waals surface area contributed by atoms with Crippen LogP contribution in [0.1, 0.15) is 13.3 Å². The van der Waals surface area contributed by atoms with E-state index in [1.165, 1.54) is 7.11 Å². The van der Waals surface area contributed by atoms with Crippen LogP contribution in [-0.2, 0) is 0 Å². The molecule has 102 valence electrons. The van der Waals surface area contributed by atoms with Crippen molar-refractivity contribution >= 4 is 16.9 Å². The van der Waals surface area contributed by atoms with Crippen LogP contribution in [0.25, 0.3) is 10.9 Å². The quantitative estimate of drug-likeness (QED) is 0.859. The molecule has 0 saturated heterocycles. The Morgan fingerprint density at radius 2 is 1.95 bits per heavy atom. The number of ether oxygens (including phenoxy) is 2. The fourth-order valence-electron chi connectivity index (χ4n) is 1.79. The van der Waals surface area contributed by atoms with E-state index in [9.17, 15) is 4.79 Å². The molecule has 0 saturated carbocycles. The summed E-state index contributed by atoms with van der Waals surface area (Å²) in [5, 5.41) is 3.53. The largest absolute Gasteiger partial charge is 0.493 e. The summed E-state index contributed by atoms with van der Waals surface area (Å²) in [7, 11) is 3.08. The van der Waals surface area contributed by atoms with Crippen LogP contribution in [0.4, 0.5) is 5.95 Å². The van der Waals surface area contributed by atoms with Crippen LogP contribution in [-0.4, -0.2) is 30.7 Å². The van der Waals surface area contributed by atoms with Gasteiger partial charge >= 0.3 is 0 Å². The molecule has 2 N–H and O–H groups in total. The van der Waals surface area contributed by atoms with Crippen molar-refractivity contribution in [1.82, 2.24) is 9.97 Å². The molecular formula is C13H17N3O3. The molecule has 0 amide bonds. The monoisotopic (exact) mass is 263 g/mol. The van der Waals surface area contributed by atoms with E-state index < -0.39 is 0 Å². The number of rotatable bonds is 5. The standard InChI is InChI=1S/C13H17N3O3/c1-4-5-14-13-15-9-7-11(19-3)10(18-2)6-8(9)12(17)16-13/h6-7H,4-5H2,1-3H3,(H2,14,15,16,17). The minimum atomic E-state index is -0.204. The first kappa shape index (κ1) is 13.2. The average Bonchev–Trinajstić information content (AvgIpc) is 2.43. The zero-order valence-corrected chi connectivity index (χ0v) is 11.2. The van der Waals surface area contributed by atoms with Crippen LogP contribution in [0.2, 0.25) is 0 Å². The first-order valence-electron chi connectivity index (χ1n) is 6.09. The first-order valence-corrected chi connectivity index (χ1v) is 6.09. The van der Waals surface area contributed by atoms with Gasteiger partial charge in [-0.05, 0) is 12.5 Å². The number of hydrogen-bond acceptors (Lipinski definition) is 5. The number of nitrogens with zero attached hydrogens (tertiary/aromatic N) is 1. The van der Waals surface area contributed by atoms with E-state index in [4.69, 9.17) is 9.47 Å². The number of methoxy groups -OCH3 is 2. The highest BCUT2D eigenvalue weighted by Crippen LogP contribution is 2.30. The Bertz CT molecular complexity index is 637. The van der Waals surface area contributed by atoms with Gasteiger partial charge < -0.3 is 14.8 Å². The zero-order chi connectivity index (χ0) is 13.8. The normalized spacial score (nSPS) is 10.5. The summed E-state index contributed by atoms with van der Waals surface area (Å²) in [6.45, 7) is 2.79. The maximum Gasteiger partial charge on any atom is 0.260 e. The first-order chi connectivity index (χ1) is 9.19. The maximum absolute atomic E-state index is 12.0. The minimum absolute atomic E-state index is 0.204. The molecule has 1 heterocycles. The van der Waals surface area contributed by atoms with Crippen molar-refractivity contribution in [2.45, 2.75) is 13.3 Å². The predicted molar refractivity (Wildman–Crippen MR) is 74.2 cm³/mol. The van der Waals surface area contributed by atoms with Crippen LogP contribution >= 0.6 is 0 Å². The topological polar surface area (TPSA) is 76.2 Å². The molecule has 6 nitrogen and oxygen atoms in total. The fourth-order valence-corrected chi connectivity index (χ4v) is 1.79. The molecule has 1 aromatic heterocycles. The molecule has 2 aromatic rings. The second-order valence-electron chi connectivity index (χ2n) is 4.07. The van der Waals surface area contributed by atoms with Gasteiger partial charge in [-0.3, -0.25) is 9.78 Å². The van der Waals surface area contributed by atoms with E-state index in [2.05, 4.69) is 15.3 Å². The number of aromatic nitrogens is 2. The number of nitrogens with one attached hydrogen (secondary N) is 2. The lowest BCUT2D eigenvalue weighted by Gasteiger charge is -2.09. The Morgan fingerprint density at radius 1 is 1.26 bits per heavy atom. The zero-order valence-electron chi connectivity index (χ0n) is 11.2. The molecule has 0 aliphatic heterocycles. The molecule has 0 spiro atoms. The lowest BCUT2D eigenvalue weighted by atomic mass is 10.2. The molecule has 19 heavy (non-hydrogen) atoms. The Labute approximate surface area is 110 Å². The van der Waals surface area contributed by atoms with Crippen molar-refractivity contribution in [3.05, 3.63) is 22.5 Å². The van der Waals surface area contributed by atoms with Crippen molar-refractivity contribution in [1.29, 1.82) is 0 Å². The van der Waals surface area contributed by atoms with Crippen molar-refractivity contribution in [2.75, 3.05) is 26.1 Å². The summed E-state index contributed by atoms with van der Waals surface area (Å²) >= 11 is 0. The lowest BCUT2D eigenvalue weighted by molar-refractivity contribution is 0.355. The molecule has 2 rings (SSSR count). The number of aromatic amines is 1. The SMILES string of the molecule is CCCNc1nc2cc(OC)c(OC)cc2c(=O)[nH]1. The molecule has 6 heteroatoms. The van der Waals surface area contributed by atoms with Gasteiger partial charge in [-0.2, -0.15) is 0 Å². The van der Waals surface area contributed by atoms with E-state index in [0.29, 0.717) is 28.4 Å². The number of fused-ring (bicyclic) bond motifs is 1. The molecule has 0 fully saturated rings. The summed E-state index contributed by atoms with van der Waals surface area (Å²) < 4.78 is 10.4. The molecular weight excluding hydrogens is 246 g/mol. The van der Waals surface area contributed by atoms with E-state index in [1.54, 1.807) is 19.2 Å². The summed E-state index contributed by atoms with van der Waals surface area (Å²) in [5.74, 6) is 1.53. The minimum Gasteiger partial charge on any atom is -0.493 e. The summed E-state index contributed by atoms with van der Waals surface area (Å²) in [4.78, 5) is 19.1. The predicted octanol–water partition coefficient (Wildman–Crippen LogP) is 1.76. The van der Waals surface area contributed by atoms with Gasteiger partial charge in [0.2, 0.25) is 5.95 Å². The number of anilines is 1. The Balaban J connectivity index is 2.57. The van der Waals surface area contributed by atoms with Gasteiger partial charge in [0.15, 0.2) is 11.5 Å². The summed E-state index contributed by atoms with van der Waals surface area (Å²) in [6.07, 6.45) is 0.952. The van der Waals surface area contributed by atoms with Crippen molar-refractivity contribution < 1.29 is 9.47 Å². The maximum atomic E-state index is 12.0. The molecule has 1 aromatic carbocycles. The van der Waals surface area contributed by atoms with Crippen LogP contribution < -0.4 is 20.3 Å². The van der Waals surface area contributed by atoms with Crippen LogP contribution in [0.5, 0.6) is 11.5 Å². The van der Waals surface area contributed by atoms with Gasteiger partial charge in [0.25, 0.3) is 5.56 Å². The molecule has 0 aliphatic rings. The Hall–Kier alpha value is -2.24. The van der Waals surface area contributed by atoms with Crippen LogP contribution in [0.3, 0.4) is 0 Å². The smallest absolute Gasteiger partial charge is 0.260 e.